The molecular weight excluding hydrogens is 204 g/mol. The van der Waals surface area contributed by atoms with E-state index in [0.29, 0.717) is 11.9 Å². The number of nitrogens with zero attached hydrogens (tertiary/aromatic N) is 1. The van der Waals surface area contributed by atoms with Gasteiger partial charge in [0.25, 0.3) is 0 Å². The van der Waals surface area contributed by atoms with Crippen molar-refractivity contribution in [3.05, 3.63) is 36.0 Å². The molecule has 1 atom stereocenters. The number of carbonyl (C=O) groups is 1. The lowest BCUT2D eigenvalue weighted by atomic mass is 10.1. The molecule has 0 unspecified atom stereocenters. The fourth-order valence-corrected chi connectivity index (χ4v) is 1.92. The Morgan fingerprint density at radius 2 is 2.19 bits per heavy atom. The smallest absolute Gasteiger partial charge is 0.416 e. The largest absolute Gasteiger partial charge is 0.464 e. The van der Waals surface area contributed by atoms with E-state index in [1.165, 1.54) is 4.57 Å². The van der Waals surface area contributed by atoms with E-state index >= 15 is 0 Å². The lowest BCUT2D eigenvalue weighted by Gasteiger charge is -2.02. The van der Waals surface area contributed by atoms with Crippen molar-refractivity contribution in [2.75, 3.05) is 0 Å². The summed E-state index contributed by atoms with van der Waals surface area (Å²) in [6.07, 6.45) is 1.36. The molecule has 3 N–H and O–H groups in total. The number of carboxylic acid groups (broad SMARTS) is 1. The summed E-state index contributed by atoms with van der Waals surface area (Å²) in [6.45, 7) is 1.91. The van der Waals surface area contributed by atoms with Crippen LogP contribution in [-0.2, 0) is 6.42 Å². The second-order valence-corrected chi connectivity index (χ2v) is 4.01. The zero-order valence-electron chi connectivity index (χ0n) is 9.05. The van der Waals surface area contributed by atoms with Crippen molar-refractivity contribution < 1.29 is 9.90 Å². The van der Waals surface area contributed by atoms with Gasteiger partial charge in [-0.2, -0.15) is 0 Å². The van der Waals surface area contributed by atoms with Crippen LogP contribution in [0.4, 0.5) is 4.79 Å². The Morgan fingerprint density at radius 3 is 2.81 bits per heavy atom. The van der Waals surface area contributed by atoms with Crippen LogP contribution in [0.2, 0.25) is 0 Å². The number of para-hydroxylation sites is 1. The van der Waals surface area contributed by atoms with Crippen LogP contribution in [0.25, 0.3) is 10.9 Å². The molecule has 1 heterocycles. The fraction of sp³-hybridized carbons (Fsp3) is 0.250. The number of nitrogens with two attached hydrogens (primary N) is 1. The Bertz CT molecular complexity index is 529. The van der Waals surface area contributed by atoms with Crippen LogP contribution in [0, 0.1) is 0 Å². The van der Waals surface area contributed by atoms with Gasteiger partial charge < -0.3 is 10.8 Å². The quantitative estimate of drug-likeness (QED) is 0.810. The first-order valence-electron chi connectivity index (χ1n) is 5.17. The van der Waals surface area contributed by atoms with E-state index in [1.54, 1.807) is 12.3 Å². The minimum absolute atomic E-state index is 0.0213. The van der Waals surface area contributed by atoms with Gasteiger partial charge in [-0.25, -0.2) is 4.79 Å². The standard InChI is InChI=1S/C12H14N2O2/c1-8(13)6-9-7-14(12(15)16)11-5-3-2-4-10(9)11/h2-5,7-8H,6,13H2,1H3,(H,15,16)/t8-/m0/s1. The maximum absolute atomic E-state index is 11.0. The Kier molecular flexibility index (Phi) is 2.66. The van der Waals surface area contributed by atoms with Crippen LogP contribution in [0.3, 0.4) is 0 Å². The highest BCUT2D eigenvalue weighted by molar-refractivity contribution is 5.91. The monoisotopic (exact) mass is 218 g/mol. The Morgan fingerprint density at radius 1 is 1.50 bits per heavy atom. The number of fused-ring (bicyclic) bond motifs is 1. The zero-order valence-corrected chi connectivity index (χ0v) is 9.05. The van der Waals surface area contributed by atoms with Crippen LogP contribution in [-0.4, -0.2) is 21.8 Å². The van der Waals surface area contributed by atoms with Crippen LogP contribution in [0.5, 0.6) is 0 Å². The van der Waals surface area contributed by atoms with E-state index in [-0.39, 0.29) is 6.04 Å². The average Bonchev–Trinajstić information content (AvgIpc) is 2.57. The number of hydrogen-bond acceptors (Lipinski definition) is 2. The van der Waals surface area contributed by atoms with Crippen molar-refractivity contribution in [3.63, 3.8) is 0 Å². The van der Waals surface area contributed by atoms with Crippen molar-refractivity contribution in [1.82, 2.24) is 4.57 Å². The zero-order chi connectivity index (χ0) is 11.7. The third-order valence-electron chi connectivity index (χ3n) is 2.54. The molecule has 16 heavy (non-hydrogen) atoms. The first kappa shape index (κ1) is 10.7. The Balaban J connectivity index is 2.62. The second-order valence-electron chi connectivity index (χ2n) is 4.01. The number of benzene rings is 1. The first-order chi connectivity index (χ1) is 7.59. The molecule has 0 aliphatic heterocycles. The summed E-state index contributed by atoms with van der Waals surface area (Å²) in [7, 11) is 0. The molecule has 1 aromatic carbocycles. The highest BCUT2D eigenvalue weighted by Crippen LogP contribution is 2.22. The van der Waals surface area contributed by atoms with E-state index < -0.39 is 6.09 Å². The van der Waals surface area contributed by atoms with Gasteiger partial charge in [0.15, 0.2) is 0 Å². The fourth-order valence-electron chi connectivity index (χ4n) is 1.92. The second kappa shape index (κ2) is 3.98. The molecule has 0 radical (unpaired) electrons. The normalized spacial score (nSPS) is 12.9. The predicted molar refractivity (Wildman–Crippen MR) is 62.7 cm³/mol. The molecule has 0 amide bonds. The van der Waals surface area contributed by atoms with Gasteiger partial charge in [0, 0.05) is 17.6 Å². The summed E-state index contributed by atoms with van der Waals surface area (Å²) in [4.78, 5) is 11.0. The van der Waals surface area contributed by atoms with Crippen molar-refractivity contribution in [1.29, 1.82) is 0 Å². The summed E-state index contributed by atoms with van der Waals surface area (Å²) in [5, 5.41) is 10.0. The van der Waals surface area contributed by atoms with Crippen molar-refractivity contribution >= 4 is 17.0 Å². The molecule has 1 aromatic heterocycles. The van der Waals surface area contributed by atoms with Crippen molar-refractivity contribution in [3.8, 4) is 0 Å². The molecular formula is C12H14N2O2. The molecule has 0 saturated heterocycles. The molecule has 2 aromatic rings. The summed E-state index contributed by atoms with van der Waals surface area (Å²) in [5.41, 5.74) is 7.44. The lowest BCUT2D eigenvalue weighted by Crippen LogP contribution is -2.17. The van der Waals surface area contributed by atoms with Gasteiger partial charge >= 0.3 is 6.09 Å². The number of rotatable bonds is 2. The number of aromatic nitrogens is 1. The van der Waals surface area contributed by atoms with Crippen LogP contribution in [0.1, 0.15) is 12.5 Å². The number of hydrogen-bond donors (Lipinski definition) is 2. The average molecular weight is 218 g/mol. The topological polar surface area (TPSA) is 68.2 Å². The summed E-state index contributed by atoms with van der Waals surface area (Å²) in [5.74, 6) is 0. The molecule has 0 aliphatic carbocycles. The van der Waals surface area contributed by atoms with E-state index in [2.05, 4.69) is 0 Å². The molecule has 4 heteroatoms. The predicted octanol–water partition coefficient (Wildman–Crippen LogP) is 2.06. The van der Waals surface area contributed by atoms with Gasteiger partial charge in [-0.3, -0.25) is 4.57 Å². The summed E-state index contributed by atoms with van der Waals surface area (Å²) >= 11 is 0. The van der Waals surface area contributed by atoms with Gasteiger partial charge in [0.05, 0.1) is 5.52 Å². The minimum Gasteiger partial charge on any atom is -0.464 e. The summed E-state index contributed by atoms with van der Waals surface area (Å²) < 4.78 is 1.24. The van der Waals surface area contributed by atoms with Gasteiger partial charge in [-0.05, 0) is 25.0 Å². The molecule has 0 fully saturated rings. The van der Waals surface area contributed by atoms with Gasteiger partial charge in [0.1, 0.15) is 0 Å². The van der Waals surface area contributed by atoms with E-state index in [1.807, 2.05) is 25.1 Å². The molecule has 0 saturated carbocycles. The minimum atomic E-state index is -0.966. The molecule has 0 aliphatic rings. The summed E-state index contributed by atoms with van der Waals surface area (Å²) in [6, 6.07) is 7.48. The van der Waals surface area contributed by atoms with Crippen LogP contribution >= 0.6 is 0 Å². The third kappa shape index (κ3) is 1.79. The maximum Gasteiger partial charge on any atom is 0.416 e. The van der Waals surface area contributed by atoms with E-state index in [0.717, 1.165) is 10.9 Å². The molecule has 0 spiro atoms. The molecule has 84 valence electrons. The Hall–Kier alpha value is -1.81. The van der Waals surface area contributed by atoms with Crippen LogP contribution < -0.4 is 5.73 Å². The van der Waals surface area contributed by atoms with E-state index in [4.69, 9.17) is 10.8 Å². The first-order valence-corrected chi connectivity index (χ1v) is 5.17. The lowest BCUT2D eigenvalue weighted by molar-refractivity contribution is 0.197. The van der Waals surface area contributed by atoms with Gasteiger partial charge in [0.2, 0.25) is 0 Å². The Labute approximate surface area is 93.3 Å². The van der Waals surface area contributed by atoms with Crippen molar-refractivity contribution in [2.24, 2.45) is 5.73 Å². The maximum atomic E-state index is 11.0. The van der Waals surface area contributed by atoms with Crippen LogP contribution in [0.15, 0.2) is 30.5 Å². The third-order valence-corrected chi connectivity index (χ3v) is 2.54. The van der Waals surface area contributed by atoms with Gasteiger partial charge in [-0.1, -0.05) is 18.2 Å². The molecule has 2 rings (SSSR count). The van der Waals surface area contributed by atoms with Gasteiger partial charge in [-0.15, -0.1) is 0 Å². The highest BCUT2D eigenvalue weighted by Gasteiger charge is 2.12. The van der Waals surface area contributed by atoms with Crippen molar-refractivity contribution in [2.45, 2.75) is 19.4 Å². The molecule has 4 nitrogen and oxygen atoms in total. The molecule has 0 bridgehead atoms. The SMILES string of the molecule is C[C@H](N)Cc1cn(C(=O)O)c2ccccc12. The highest BCUT2D eigenvalue weighted by atomic mass is 16.4. The van der Waals surface area contributed by atoms with E-state index in [9.17, 15) is 4.79 Å².